The topological polar surface area (TPSA) is 24.1 Å². The minimum atomic E-state index is -0.182. The van der Waals surface area contributed by atoms with E-state index in [-0.39, 0.29) is 5.54 Å². The van der Waals surface area contributed by atoms with E-state index in [1.165, 1.54) is 71.7 Å². The molecule has 0 heterocycles. The summed E-state index contributed by atoms with van der Waals surface area (Å²) in [5, 5.41) is 12.2. The number of hydrogen-bond acceptors (Lipinski definition) is 2. The molecule has 0 spiro atoms. The molecule has 1 aliphatic carbocycles. The Hall–Kier alpha value is -5.86. The van der Waals surface area contributed by atoms with Gasteiger partial charge in [-0.3, -0.25) is 0 Å². The predicted octanol–water partition coefficient (Wildman–Crippen LogP) is 11.9. The molecule has 2 N–H and O–H groups in total. The van der Waals surface area contributed by atoms with Gasteiger partial charge in [-0.25, -0.2) is 0 Å². The van der Waals surface area contributed by atoms with Gasteiger partial charge in [-0.1, -0.05) is 133 Å². The van der Waals surface area contributed by atoms with Crippen LogP contribution in [0.5, 0.6) is 0 Å². The molecule has 1 atom stereocenters. The van der Waals surface area contributed by atoms with Crippen LogP contribution in [0.4, 0.5) is 5.69 Å². The third kappa shape index (κ3) is 5.36. The summed E-state index contributed by atoms with van der Waals surface area (Å²) in [6.07, 6.45) is 7.43. The minimum absolute atomic E-state index is 0.182. The third-order valence-electron chi connectivity index (χ3n) is 9.75. The fraction of sp³-hybridized carbons (Fsp3) is 0.0870. The maximum Gasteiger partial charge on any atom is 0.0776 e. The van der Waals surface area contributed by atoms with E-state index in [0.717, 1.165) is 12.1 Å². The van der Waals surface area contributed by atoms with E-state index in [0.29, 0.717) is 0 Å². The van der Waals surface area contributed by atoms with Crippen molar-refractivity contribution in [3.8, 4) is 44.5 Å². The summed E-state index contributed by atoms with van der Waals surface area (Å²) < 4.78 is 0. The van der Waals surface area contributed by atoms with Gasteiger partial charge in [0.05, 0.1) is 5.54 Å². The molecule has 0 aliphatic heterocycles. The molecule has 0 aromatic heterocycles. The van der Waals surface area contributed by atoms with Gasteiger partial charge in [-0.05, 0) is 116 Å². The van der Waals surface area contributed by atoms with Gasteiger partial charge in [-0.15, -0.1) is 0 Å². The quantitative estimate of drug-likeness (QED) is 0.174. The van der Waals surface area contributed by atoms with Crippen molar-refractivity contribution >= 4 is 27.2 Å². The van der Waals surface area contributed by atoms with Crippen LogP contribution < -0.4 is 10.6 Å². The molecule has 232 valence electrons. The Kier molecular flexibility index (Phi) is 7.62. The lowest BCUT2D eigenvalue weighted by molar-refractivity contribution is 0.563. The highest BCUT2D eigenvalue weighted by Crippen LogP contribution is 2.45. The first-order valence-electron chi connectivity index (χ1n) is 16.7. The average Bonchev–Trinajstić information content (AvgIpc) is 3.15. The predicted molar refractivity (Wildman–Crippen MR) is 206 cm³/mol. The van der Waals surface area contributed by atoms with Gasteiger partial charge in [0, 0.05) is 18.4 Å². The number of hydrogen-bond donors (Lipinski definition) is 2. The van der Waals surface area contributed by atoms with Crippen LogP contribution in [0.3, 0.4) is 0 Å². The van der Waals surface area contributed by atoms with E-state index >= 15 is 0 Å². The summed E-state index contributed by atoms with van der Waals surface area (Å²) in [6.45, 7) is 2.25. The lowest BCUT2D eigenvalue weighted by Crippen LogP contribution is -2.42. The third-order valence-corrected chi connectivity index (χ3v) is 9.75. The number of benzene rings is 7. The number of likely N-dealkylation sites (N-methyl/N-ethyl adjacent to an activating group) is 1. The van der Waals surface area contributed by atoms with Crippen LogP contribution in [0.2, 0.25) is 0 Å². The van der Waals surface area contributed by atoms with Crippen molar-refractivity contribution in [1.29, 1.82) is 0 Å². The summed E-state index contributed by atoms with van der Waals surface area (Å²) in [4.78, 5) is 0. The maximum absolute atomic E-state index is 3.80. The zero-order valence-corrected chi connectivity index (χ0v) is 27.4. The molecule has 8 rings (SSSR count). The van der Waals surface area contributed by atoms with Gasteiger partial charge in [0.15, 0.2) is 0 Å². The fourth-order valence-corrected chi connectivity index (χ4v) is 7.40. The molecule has 0 amide bonds. The molecule has 48 heavy (non-hydrogen) atoms. The van der Waals surface area contributed by atoms with Crippen molar-refractivity contribution in [2.75, 3.05) is 12.4 Å². The molecule has 0 fully saturated rings. The second kappa shape index (κ2) is 12.4. The molecule has 0 radical (unpaired) electrons. The van der Waals surface area contributed by atoms with E-state index < -0.39 is 0 Å². The Bertz CT molecular complexity index is 2200. The molecule has 2 heteroatoms. The van der Waals surface area contributed by atoms with E-state index in [1.54, 1.807) is 0 Å². The molecule has 1 aliphatic rings. The lowest BCUT2D eigenvalue weighted by atomic mass is 9.84. The van der Waals surface area contributed by atoms with Crippen molar-refractivity contribution in [2.24, 2.45) is 0 Å². The van der Waals surface area contributed by atoms with Crippen molar-refractivity contribution < 1.29 is 0 Å². The zero-order valence-electron chi connectivity index (χ0n) is 27.4. The first-order valence-corrected chi connectivity index (χ1v) is 16.7. The van der Waals surface area contributed by atoms with Gasteiger partial charge >= 0.3 is 0 Å². The van der Waals surface area contributed by atoms with E-state index in [9.17, 15) is 0 Å². The van der Waals surface area contributed by atoms with Crippen LogP contribution in [0.15, 0.2) is 176 Å². The second-order valence-corrected chi connectivity index (χ2v) is 12.9. The number of rotatable bonds is 7. The molecule has 1 unspecified atom stereocenters. The fourth-order valence-electron chi connectivity index (χ4n) is 7.40. The van der Waals surface area contributed by atoms with Gasteiger partial charge in [-0.2, -0.15) is 0 Å². The van der Waals surface area contributed by atoms with Crippen molar-refractivity contribution in [2.45, 2.75) is 18.9 Å². The Morgan fingerprint density at radius 1 is 0.479 bits per heavy atom. The Morgan fingerprint density at radius 3 is 1.44 bits per heavy atom. The van der Waals surface area contributed by atoms with E-state index in [2.05, 4.69) is 187 Å². The molecule has 7 aromatic carbocycles. The Balaban J connectivity index is 1.31. The summed E-state index contributed by atoms with van der Waals surface area (Å²) in [5.74, 6) is 0. The van der Waals surface area contributed by atoms with Crippen LogP contribution in [0, 0.1) is 0 Å². The first kappa shape index (κ1) is 29.5. The van der Waals surface area contributed by atoms with E-state index in [1.807, 2.05) is 7.05 Å². The summed E-state index contributed by atoms with van der Waals surface area (Å²) in [7, 11) is 1.99. The monoisotopic (exact) mass is 618 g/mol. The zero-order chi connectivity index (χ0) is 32.5. The normalized spacial score (nSPS) is 15.8. The molecule has 0 saturated heterocycles. The second-order valence-electron chi connectivity index (χ2n) is 12.9. The highest BCUT2D eigenvalue weighted by Gasteiger charge is 2.28. The summed E-state index contributed by atoms with van der Waals surface area (Å²) in [5.41, 5.74) is 11.9. The molecule has 0 bridgehead atoms. The van der Waals surface area contributed by atoms with Gasteiger partial charge in [0.1, 0.15) is 0 Å². The number of fused-ring (bicyclic) bond motifs is 2. The average molecular weight is 619 g/mol. The summed E-state index contributed by atoms with van der Waals surface area (Å²) in [6, 6.07) is 55.3. The largest absolute Gasteiger partial charge is 0.389 e. The Morgan fingerprint density at radius 2 is 0.938 bits per heavy atom. The minimum Gasteiger partial charge on any atom is -0.389 e. The highest BCUT2D eigenvalue weighted by atomic mass is 15.0. The van der Waals surface area contributed by atoms with Crippen molar-refractivity contribution in [3.05, 3.63) is 176 Å². The van der Waals surface area contributed by atoms with Crippen LogP contribution >= 0.6 is 0 Å². The lowest BCUT2D eigenvalue weighted by Gasteiger charge is -2.35. The summed E-state index contributed by atoms with van der Waals surface area (Å²) >= 11 is 0. The van der Waals surface area contributed by atoms with Crippen LogP contribution in [0.25, 0.3) is 66.1 Å². The molecule has 2 nitrogen and oxygen atoms in total. The Labute approximate surface area is 283 Å². The molecule has 0 saturated carbocycles. The van der Waals surface area contributed by atoms with Crippen LogP contribution in [-0.4, -0.2) is 12.6 Å². The van der Waals surface area contributed by atoms with Gasteiger partial charge < -0.3 is 10.6 Å². The number of allylic oxidation sites excluding steroid dienone is 2. The maximum atomic E-state index is 3.80. The van der Waals surface area contributed by atoms with Crippen molar-refractivity contribution in [3.63, 3.8) is 0 Å². The number of nitrogens with one attached hydrogen (secondary N) is 2. The molecular weight excluding hydrogens is 581 g/mol. The number of anilines is 1. The van der Waals surface area contributed by atoms with Crippen LogP contribution in [0.1, 0.15) is 13.3 Å². The first-order chi connectivity index (χ1) is 23.6. The van der Waals surface area contributed by atoms with E-state index in [4.69, 9.17) is 0 Å². The standard InChI is InChI=1S/C46H38N2/c1-46(28-14-13-23-43(46)47-2)48-38-26-24-34(25-27-38)44-39-19-9-11-21-41(39)45(42-22-12-10-20-40(42)44)37-30-35(32-15-5-3-6-16-32)29-36(31-37)33-17-7-4-8-18-33/h3-27,29-31,47-48H,28H2,1-2H3. The van der Waals surface area contributed by atoms with Gasteiger partial charge in [0.2, 0.25) is 0 Å². The van der Waals surface area contributed by atoms with Crippen LogP contribution in [-0.2, 0) is 0 Å². The molecular formula is C46H38N2. The van der Waals surface area contributed by atoms with Gasteiger partial charge in [0.25, 0.3) is 0 Å². The molecule has 7 aromatic rings. The highest BCUT2D eigenvalue weighted by molar-refractivity contribution is 6.21. The SMILES string of the molecule is CNC1=CC=CCC1(C)Nc1ccc(-c2c3ccccc3c(-c3cc(-c4ccccc4)cc(-c4ccccc4)c3)c3ccccc23)cc1. The smallest absolute Gasteiger partial charge is 0.0776 e. The van der Waals surface area contributed by atoms with Crippen molar-refractivity contribution in [1.82, 2.24) is 5.32 Å².